The molecule has 17 heavy (non-hydrogen) atoms. The highest BCUT2D eigenvalue weighted by atomic mass is 35.5. The Balaban J connectivity index is 2.12. The van der Waals surface area contributed by atoms with Crippen molar-refractivity contribution < 1.29 is 0 Å². The van der Waals surface area contributed by atoms with E-state index in [1.165, 1.54) is 17.7 Å². The summed E-state index contributed by atoms with van der Waals surface area (Å²) in [5.41, 5.74) is 2.46. The van der Waals surface area contributed by atoms with Crippen molar-refractivity contribution in [3.05, 3.63) is 27.7 Å². The Bertz CT molecular complexity index is 565. The fraction of sp³-hybridized carbons (Fsp3) is 0.333. The normalized spacial score (nSPS) is 13.8. The molecule has 3 nitrogen and oxygen atoms in total. The van der Waals surface area contributed by atoms with Gasteiger partial charge in [-0.1, -0.05) is 11.6 Å². The Morgan fingerprint density at radius 3 is 2.94 bits per heavy atom. The van der Waals surface area contributed by atoms with Gasteiger partial charge >= 0.3 is 0 Å². The zero-order valence-corrected chi connectivity index (χ0v) is 11.0. The van der Waals surface area contributed by atoms with Crippen LogP contribution in [0.25, 0.3) is 10.7 Å². The molecule has 88 valence electrons. The van der Waals surface area contributed by atoms with Crippen LogP contribution in [0.3, 0.4) is 0 Å². The Hall–Kier alpha value is -1.13. The van der Waals surface area contributed by atoms with E-state index in [2.05, 4.69) is 15.3 Å². The van der Waals surface area contributed by atoms with E-state index in [9.17, 15) is 0 Å². The predicted octanol–water partition coefficient (Wildman–Crippen LogP) is 3.39. The SMILES string of the molecule is CNc1nc(-c2cc(Cl)cs2)nc2c1CCC2. The highest BCUT2D eigenvalue weighted by Gasteiger charge is 2.19. The third kappa shape index (κ3) is 1.91. The number of hydrogen-bond acceptors (Lipinski definition) is 4. The number of nitrogens with zero attached hydrogens (tertiary/aromatic N) is 2. The van der Waals surface area contributed by atoms with Gasteiger partial charge in [0.05, 0.1) is 9.90 Å². The summed E-state index contributed by atoms with van der Waals surface area (Å²) < 4.78 is 0. The lowest BCUT2D eigenvalue weighted by Crippen LogP contribution is -2.02. The molecule has 0 atom stereocenters. The van der Waals surface area contributed by atoms with Crippen molar-refractivity contribution in [1.82, 2.24) is 9.97 Å². The van der Waals surface area contributed by atoms with Crippen molar-refractivity contribution in [3.8, 4) is 10.7 Å². The first kappa shape index (κ1) is 11.0. The maximum absolute atomic E-state index is 5.94. The second-order valence-electron chi connectivity index (χ2n) is 4.05. The Morgan fingerprint density at radius 1 is 1.35 bits per heavy atom. The molecule has 1 aliphatic carbocycles. The van der Waals surface area contributed by atoms with Crippen molar-refractivity contribution in [2.45, 2.75) is 19.3 Å². The minimum Gasteiger partial charge on any atom is -0.373 e. The smallest absolute Gasteiger partial charge is 0.171 e. The summed E-state index contributed by atoms with van der Waals surface area (Å²) in [6, 6.07) is 1.92. The van der Waals surface area contributed by atoms with E-state index in [0.717, 1.165) is 34.4 Å². The van der Waals surface area contributed by atoms with Crippen LogP contribution in [-0.4, -0.2) is 17.0 Å². The number of hydrogen-bond donors (Lipinski definition) is 1. The summed E-state index contributed by atoms with van der Waals surface area (Å²) in [5.74, 6) is 1.75. The van der Waals surface area contributed by atoms with E-state index in [0.29, 0.717) is 0 Å². The van der Waals surface area contributed by atoms with Gasteiger partial charge in [-0.25, -0.2) is 9.97 Å². The molecule has 0 saturated carbocycles. The number of halogens is 1. The molecule has 3 rings (SSSR count). The molecular formula is C12H12ClN3S. The molecule has 1 aliphatic rings. The summed E-state index contributed by atoms with van der Waals surface area (Å²) in [6.45, 7) is 0. The maximum Gasteiger partial charge on any atom is 0.171 e. The third-order valence-electron chi connectivity index (χ3n) is 2.96. The summed E-state index contributed by atoms with van der Waals surface area (Å²) in [7, 11) is 1.91. The van der Waals surface area contributed by atoms with Crippen LogP contribution in [-0.2, 0) is 12.8 Å². The van der Waals surface area contributed by atoms with Crippen LogP contribution in [0.2, 0.25) is 5.02 Å². The van der Waals surface area contributed by atoms with Crippen LogP contribution < -0.4 is 5.32 Å². The number of aromatic nitrogens is 2. The van der Waals surface area contributed by atoms with Crippen molar-refractivity contribution >= 4 is 28.8 Å². The molecule has 1 N–H and O–H groups in total. The monoisotopic (exact) mass is 265 g/mol. The van der Waals surface area contributed by atoms with E-state index in [-0.39, 0.29) is 0 Å². The molecular weight excluding hydrogens is 254 g/mol. The number of anilines is 1. The van der Waals surface area contributed by atoms with Crippen molar-refractivity contribution in [2.75, 3.05) is 12.4 Å². The first-order chi connectivity index (χ1) is 8.28. The maximum atomic E-state index is 5.94. The number of rotatable bonds is 2. The van der Waals surface area contributed by atoms with E-state index in [4.69, 9.17) is 11.6 Å². The average molecular weight is 266 g/mol. The van der Waals surface area contributed by atoms with Gasteiger partial charge in [0, 0.05) is 23.7 Å². The molecule has 0 bridgehead atoms. The summed E-state index contributed by atoms with van der Waals surface area (Å²) in [6.07, 6.45) is 3.31. The first-order valence-corrected chi connectivity index (χ1v) is 6.85. The molecule has 5 heteroatoms. The van der Waals surface area contributed by atoms with E-state index < -0.39 is 0 Å². The number of aryl methyl sites for hydroxylation is 1. The second-order valence-corrected chi connectivity index (χ2v) is 5.40. The van der Waals surface area contributed by atoms with Crippen molar-refractivity contribution in [1.29, 1.82) is 0 Å². The van der Waals surface area contributed by atoms with Gasteiger partial charge < -0.3 is 5.32 Å². The lowest BCUT2D eigenvalue weighted by molar-refractivity contribution is 0.900. The summed E-state index contributed by atoms with van der Waals surface area (Å²) >= 11 is 7.52. The zero-order valence-electron chi connectivity index (χ0n) is 9.46. The highest BCUT2D eigenvalue weighted by Crippen LogP contribution is 2.32. The molecule has 2 aromatic heterocycles. The fourth-order valence-electron chi connectivity index (χ4n) is 2.18. The van der Waals surface area contributed by atoms with Crippen molar-refractivity contribution in [2.24, 2.45) is 0 Å². The van der Waals surface area contributed by atoms with Crippen LogP contribution in [0.1, 0.15) is 17.7 Å². The van der Waals surface area contributed by atoms with Gasteiger partial charge in [-0.2, -0.15) is 0 Å². The van der Waals surface area contributed by atoms with E-state index in [1.807, 2.05) is 18.5 Å². The van der Waals surface area contributed by atoms with Gasteiger partial charge in [0.2, 0.25) is 0 Å². The first-order valence-electron chi connectivity index (χ1n) is 5.60. The Kier molecular flexibility index (Phi) is 2.76. The molecule has 0 amide bonds. The van der Waals surface area contributed by atoms with Gasteiger partial charge in [-0.3, -0.25) is 0 Å². The summed E-state index contributed by atoms with van der Waals surface area (Å²) in [5, 5.41) is 5.82. The summed E-state index contributed by atoms with van der Waals surface area (Å²) in [4.78, 5) is 10.3. The molecule has 0 aliphatic heterocycles. The van der Waals surface area contributed by atoms with E-state index in [1.54, 1.807) is 11.3 Å². The second kappa shape index (κ2) is 4.27. The van der Waals surface area contributed by atoms with Gasteiger partial charge in [-0.05, 0) is 25.3 Å². The molecule has 2 aromatic rings. The molecule has 2 heterocycles. The van der Waals surface area contributed by atoms with Crippen LogP contribution in [0.4, 0.5) is 5.82 Å². The van der Waals surface area contributed by atoms with E-state index >= 15 is 0 Å². The molecule has 0 spiro atoms. The average Bonchev–Trinajstić information content (AvgIpc) is 2.95. The Labute approximate surface area is 109 Å². The largest absolute Gasteiger partial charge is 0.373 e. The number of fused-ring (bicyclic) bond motifs is 1. The molecule has 0 radical (unpaired) electrons. The van der Waals surface area contributed by atoms with Gasteiger partial charge in [0.25, 0.3) is 0 Å². The molecule has 0 saturated heterocycles. The van der Waals surface area contributed by atoms with Crippen LogP contribution in [0.5, 0.6) is 0 Å². The Morgan fingerprint density at radius 2 is 2.24 bits per heavy atom. The van der Waals surface area contributed by atoms with Crippen LogP contribution in [0, 0.1) is 0 Å². The minimum atomic E-state index is 0.750. The van der Waals surface area contributed by atoms with Crippen LogP contribution >= 0.6 is 22.9 Å². The topological polar surface area (TPSA) is 37.8 Å². The standard InChI is InChI=1S/C12H12ClN3S/c1-14-11-8-3-2-4-9(8)15-12(16-11)10-5-7(13)6-17-10/h5-6H,2-4H2,1H3,(H,14,15,16). The third-order valence-corrected chi connectivity index (χ3v) is 4.23. The lowest BCUT2D eigenvalue weighted by atomic mass is 10.2. The molecule has 0 unspecified atom stereocenters. The number of thiophene rings is 1. The zero-order chi connectivity index (χ0) is 11.8. The quantitative estimate of drug-likeness (QED) is 0.905. The number of nitrogens with one attached hydrogen (secondary N) is 1. The van der Waals surface area contributed by atoms with Crippen molar-refractivity contribution in [3.63, 3.8) is 0 Å². The minimum absolute atomic E-state index is 0.750. The predicted molar refractivity (Wildman–Crippen MR) is 71.9 cm³/mol. The van der Waals surface area contributed by atoms with Gasteiger partial charge in [0.15, 0.2) is 5.82 Å². The molecule has 0 aromatic carbocycles. The van der Waals surface area contributed by atoms with Crippen LogP contribution in [0.15, 0.2) is 11.4 Å². The van der Waals surface area contributed by atoms with Gasteiger partial charge in [0.1, 0.15) is 5.82 Å². The molecule has 0 fully saturated rings. The fourth-order valence-corrected chi connectivity index (χ4v) is 3.19. The lowest BCUT2D eigenvalue weighted by Gasteiger charge is -2.08. The van der Waals surface area contributed by atoms with Gasteiger partial charge in [-0.15, -0.1) is 11.3 Å². The highest BCUT2D eigenvalue weighted by molar-refractivity contribution is 7.14.